The van der Waals surface area contributed by atoms with E-state index < -0.39 is 5.60 Å². The SMILES string of the molecule is CC.Cc1nc(C(=O)c2cccc(N3CCN(C)CC3)c2)nc2c1CN(C(=O)OC(C)(C)C)C2. The third-order valence-electron chi connectivity index (χ3n) is 5.82. The molecule has 8 heteroatoms. The Morgan fingerprint density at radius 3 is 2.32 bits per heavy atom. The summed E-state index contributed by atoms with van der Waals surface area (Å²) < 4.78 is 5.48. The molecule has 1 fully saturated rings. The van der Waals surface area contributed by atoms with Crippen LogP contribution in [0.15, 0.2) is 24.3 Å². The van der Waals surface area contributed by atoms with Crippen LogP contribution in [-0.4, -0.2) is 70.5 Å². The number of piperazine rings is 1. The largest absolute Gasteiger partial charge is 0.444 e. The van der Waals surface area contributed by atoms with E-state index in [2.05, 4.69) is 26.8 Å². The highest BCUT2D eigenvalue weighted by atomic mass is 16.6. The highest BCUT2D eigenvalue weighted by molar-refractivity contribution is 6.07. The van der Waals surface area contributed by atoms with Crippen molar-refractivity contribution in [1.82, 2.24) is 19.8 Å². The Bertz CT molecular complexity index is 1040. The summed E-state index contributed by atoms with van der Waals surface area (Å²) >= 11 is 0. The molecule has 1 saturated heterocycles. The van der Waals surface area contributed by atoms with Crippen LogP contribution in [0.25, 0.3) is 0 Å². The van der Waals surface area contributed by atoms with Crippen molar-refractivity contribution in [3.8, 4) is 0 Å². The zero-order chi connectivity index (χ0) is 25.0. The number of rotatable bonds is 3. The lowest BCUT2D eigenvalue weighted by molar-refractivity contribution is 0.0240. The van der Waals surface area contributed by atoms with Crippen LogP contribution in [0.5, 0.6) is 0 Å². The van der Waals surface area contributed by atoms with Gasteiger partial charge in [0.15, 0.2) is 0 Å². The van der Waals surface area contributed by atoms with Crippen molar-refractivity contribution in [2.24, 2.45) is 0 Å². The summed E-state index contributed by atoms with van der Waals surface area (Å²) in [5, 5.41) is 0. The fourth-order valence-electron chi connectivity index (χ4n) is 4.01. The molecule has 1 amide bonds. The topological polar surface area (TPSA) is 78.9 Å². The predicted octanol–water partition coefficient (Wildman–Crippen LogP) is 4.04. The Balaban J connectivity index is 0.00000158. The van der Waals surface area contributed by atoms with E-state index in [4.69, 9.17) is 4.74 Å². The van der Waals surface area contributed by atoms with E-state index in [9.17, 15) is 9.59 Å². The lowest BCUT2D eigenvalue weighted by Gasteiger charge is -2.34. The Morgan fingerprint density at radius 1 is 1.00 bits per heavy atom. The molecule has 0 N–H and O–H groups in total. The van der Waals surface area contributed by atoms with Gasteiger partial charge in [-0.15, -0.1) is 0 Å². The number of aryl methyl sites for hydroxylation is 1. The van der Waals surface area contributed by atoms with Gasteiger partial charge < -0.3 is 14.5 Å². The molecule has 0 spiro atoms. The first kappa shape index (κ1) is 25.6. The molecule has 184 valence electrons. The van der Waals surface area contributed by atoms with Gasteiger partial charge >= 0.3 is 6.09 Å². The van der Waals surface area contributed by atoms with Crippen LogP contribution in [0.1, 0.15) is 67.8 Å². The van der Waals surface area contributed by atoms with Gasteiger partial charge in [-0.25, -0.2) is 14.8 Å². The highest BCUT2D eigenvalue weighted by Gasteiger charge is 2.31. The molecule has 0 saturated carbocycles. The van der Waals surface area contributed by atoms with E-state index in [-0.39, 0.29) is 17.7 Å². The van der Waals surface area contributed by atoms with Crippen molar-refractivity contribution in [3.05, 3.63) is 52.6 Å². The third-order valence-corrected chi connectivity index (χ3v) is 5.82. The maximum absolute atomic E-state index is 13.2. The second-order valence-corrected chi connectivity index (χ2v) is 9.56. The molecule has 1 aromatic heterocycles. The molecule has 2 aliphatic heterocycles. The Morgan fingerprint density at radius 2 is 1.68 bits per heavy atom. The number of fused-ring (bicyclic) bond motifs is 1. The molecule has 0 radical (unpaired) electrons. The van der Waals surface area contributed by atoms with Crippen molar-refractivity contribution in [2.75, 3.05) is 38.1 Å². The molecule has 3 heterocycles. The quantitative estimate of drug-likeness (QED) is 0.630. The zero-order valence-corrected chi connectivity index (χ0v) is 21.5. The van der Waals surface area contributed by atoms with Crippen LogP contribution in [0.4, 0.5) is 10.5 Å². The number of ketones is 1. The Kier molecular flexibility index (Phi) is 7.92. The van der Waals surface area contributed by atoms with Crippen LogP contribution in [0.2, 0.25) is 0 Å². The molecular formula is C26H37N5O3. The predicted molar refractivity (Wildman–Crippen MR) is 133 cm³/mol. The van der Waals surface area contributed by atoms with Gasteiger partial charge in [0, 0.05) is 48.7 Å². The lowest BCUT2D eigenvalue weighted by Crippen LogP contribution is -2.44. The molecule has 2 aromatic rings. The van der Waals surface area contributed by atoms with Crippen LogP contribution in [0, 0.1) is 6.92 Å². The number of amides is 1. The van der Waals surface area contributed by atoms with Crippen LogP contribution >= 0.6 is 0 Å². The van der Waals surface area contributed by atoms with Gasteiger partial charge in [0.05, 0.1) is 18.8 Å². The monoisotopic (exact) mass is 467 g/mol. The van der Waals surface area contributed by atoms with Gasteiger partial charge in [-0.3, -0.25) is 9.69 Å². The van der Waals surface area contributed by atoms with E-state index in [1.165, 1.54) is 0 Å². The highest BCUT2D eigenvalue weighted by Crippen LogP contribution is 2.26. The zero-order valence-electron chi connectivity index (χ0n) is 21.5. The number of ether oxygens (including phenoxy) is 1. The van der Waals surface area contributed by atoms with E-state index in [1.54, 1.807) is 11.0 Å². The van der Waals surface area contributed by atoms with Crippen molar-refractivity contribution >= 4 is 17.6 Å². The summed E-state index contributed by atoms with van der Waals surface area (Å²) in [5.41, 5.74) is 3.36. The van der Waals surface area contributed by atoms with Crippen molar-refractivity contribution in [1.29, 1.82) is 0 Å². The number of anilines is 1. The van der Waals surface area contributed by atoms with Gasteiger partial charge in [-0.2, -0.15) is 0 Å². The molecule has 0 aliphatic carbocycles. The minimum atomic E-state index is -0.567. The number of aromatic nitrogens is 2. The van der Waals surface area contributed by atoms with Crippen molar-refractivity contribution in [2.45, 2.75) is 60.2 Å². The summed E-state index contributed by atoms with van der Waals surface area (Å²) in [4.78, 5) is 40.9. The number of likely N-dealkylation sites (N-methyl/N-ethyl adjacent to an activating group) is 1. The summed E-state index contributed by atoms with van der Waals surface area (Å²) in [6.45, 7) is 15.9. The van der Waals surface area contributed by atoms with Gasteiger partial charge in [0.2, 0.25) is 11.6 Å². The fraction of sp³-hybridized carbons (Fsp3) is 0.538. The van der Waals surface area contributed by atoms with Gasteiger partial charge in [-0.1, -0.05) is 26.0 Å². The van der Waals surface area contributed by atoms with Gasteiger partial charge in [-0.05, 0) is 46.9 Å². The summed E-state index contributed by atoms with van der Waals surface area (Å²) in [6, 6.07) is 7.67. The Hall–Kier alpha value is -3.00. The number of carbonyl (C=O) groups excluding carboxylic acids is 2. The molecular weight excluding hydrogens is 430 g/mol. The van der Waals surface area contributed by atoms with E-state index in [1.807, 2.05) is 59.7 Å². The molecule has 34 heavy (non-hydrogen) atoms. The molecule has 2 aliphatic rings. The van der Waals surface area contributed by atoms with Gasteiger partial charge in [0.25, 0.3) is 0 Å². The maximum Gasteiger partial charge on any atom is 0.410 e. The number of hydrogen-bond donors (Lipinski definition) is 0. The number of nitrogens with zero attached hydrogens (tertiary/aromatic N) is 5. The molecule has 0 unspecified atom stereocenters. The fourth-order valence-corrected chi connectivity index (χ4v) is 4.01. The van der Waals surface area contributed by atoms with Crippen LogP contribution < -0.4 is 4.90 Å². The average Bonchev–Trinajstić information content (AvgIpc) is 3.25. The molecule has 4 rings (SSSR count). The first-order valence-corrected chi connectivity index (χ1v) is 12.0. The summed E-state index contributed by atoms with van der Waals surface area (Å²) in [6.07, 6.45) is -0.386. The minimum Gasteiger partial charge on any atom is -0.444 e. The van der Waals surface area contributed by atoms with Gasteiger partial charge in [0.1, 0.15) is 5.60 Å². The normalized spacial score (nSPS) is 16.0. The maximum atomic E-state index is 13.2. The third kappa shape index (κ3) is 5.91. The lowest BCUT2D eigenvalue weighted by atomic mass is 10.1. The van der Waals surface area contributed by atoms with E-state index >= 15 is 0 Å². The van der Waals surface area contributed by atoms with E-state index in [0.29, 0.717) is 24.3 Å². The number of carbonyl (C=O) groups is 2. The molecule has 1 aromatic carbocycles. The minimum absolute atomic E-state index is 0.169. The number of benzene rings is 1. The van der Waals surface area contributed by atoms with Crippen LogP contribution in [0.3, 0.4) is 0 Å². The first-order valence-electron chi connectivity index (χ1n) is 12.0. The smallest absolute Gasteiger partial charge is 0.410 e. The second-order valence-electron chi connectivity index (χ2n) is 9.56. The summed E-state index contributed by atoms with van der Waals surface area (Å²) in [5.74, 6) is -0.0367. The number of hydrogen-bond acceptors (Lipinski definition) is 7. The second kappa shape index (κ2) is 10.5. The molecule has 8 nitrogen and oxygen atoms in total. The Labute approximate surface area is 202 Å². The average molecular weight is 468 g/mol. The van der Waals surface area contributed by atoms with Crippen molar-refractivity contribution in [3.63, 3.8) is 0 Å². The first-order chi connectivity index (χ1) is 16.1. The standard InChI is InChI=1S/C24H31N5O3.C2H6/c1-16-19-14-29(23(31)32-24(2,3)4)15-20(19)26-22(25-16)21(30)17-7-6-8-18(13-17)28-11-9-27(5)10-12-28;1-2/h6-8,13H,9-12,14-15H2,1-5H3;1-2H3. The molecule has 0 bridgehead atoms. The molecule has 0 atom stereocenters. The van der Waals surface area contributed by atoms with Crippen molar-refractivity contribution < 1.29 is 14.3 Å². The van der Waals surface area contributed by atoms with E-state index in [0.717, 1.165) is 43.1 Å². The van der Waals surface area contributed by atoms with Crippen LogP contribution in [-0.2, 0) is 17.8 Å². The summed E-state index contributed by atoms with van der Waals surface area (Å²) in [7, 11) is 2.12.